The van der Waals surface area contributed by atoms with Gasteiger partial charge in [-0.25, -0.2) is 9.69 Å². The van der Waals surface area contributed by atoms with E-state index in [0.29, 0.717) is 59.0 Å². The minimum atomic E-state index is -2.02. The fourth-order valence-corrected chi connectivity index (χ4v) is 12.4. The number of rotatable bonds is 14. The fourth-order valence-electron chi connectivity index (χ4n) is 12.4. The number of anilines is 1. The molecule has 2 saturated heterocycles. The van der Waals surface area contributed by atoms with Crippen LogP contribution in [-0.4, -0.2) is 97.2 Å². The van der Waals surface area contributed by atoms with Gasteiger partial charge in [-0.05, 0) is 107 Å². The van der Waals surface area contributed by atoms with Crippen molar-refractivity contribution in [3.63, 3.8) is 0 Å². The van der Waals surface area contributed by atoms with Crippen LogP contribution >= 0.6 is 0 Å². The number of aliphatic hydroxyl groups excluding tert-OH is 1. The second kappa shape index (κ2) is 22.9. The van der Waals surface area contributed by atoms with E-state index in [1.165, 1.54) is 4.90 Å². The van der Waals surface area contributed by atoms with E-state index in [1.54, 1.807) is 43.4 Å². The van der Waals surface area contributed by atoms with E-state index in [9.17, 15) is 5.11 Å². The Morgan fingerprint density at radius 1 is 0.775 bits per heavy atom. The first-order valence-corrected chi connectivity index (χ1v) is 27.0. The average Bonchev–Trinajstić information content (AvgIpc) is 1.91. The maximum atomic E-state index is 17.1. The van der Waals surface area contributed by atoms with Gasteiger partial charge in [0.1, 0.15) is 29.9 Å². The summed E-state index contributed by atoms with van der Waals surface area (Å²) in [5.41, 5.74) is 4.96. The first-order valence-electron chi connectivity index (χ1n) is 27.0. The zero-order valence-corrected chi connectivity index (χ0v) is 45.2. The molecule has 14 heteroatoms. The monoisotopic (exact) mass is 1070 g/mol. The van der Waals surface area contributed by atoms with E-state index in [-0.39, 0.29) is 32.0 Å². The molecule has 4 aliphatic heterocycles. The number of methoxy groups -OCH3 is 2. The van der Waals surface area contributed by atoms with Crippen LogP contribution in [0.3, 0.4) is 0 Å². The van der Waals surface area contributed by atoms with E-state index in [2.05, 4.69) is 34.2 Å². The molecule has 0 aromatic heterocycles. The highest BCUT2D eigenvalue weighted by Crippen LogP contribution is 2.66. The maximum Gasteiger partial charge on any atom is 0.329 e. The molecule has 0 radical (unpaired) electrons. The van der Waals surface area contributed by atoms with Crippen LogP contribution in [0.5, 0.6) is 17.2 Å². The van der Waals surface area contributed by atoms with Crippen LogP contribution in [0.25, 0.3) is 0 Å². The molecular weight excluding hydrogens is 1010 g/mol. The molecule has 0 aliphatic carbocycles. The van der Waals surface area contributed by atoms with Gasteiger partial charge in [-0.3, -0.25) is 24.2 Å². The molecule has 80 heavy (non-hydrogen) atoms. The molecule has 11 rings (SSSR count). The first-order chi connectivity index (χ1) is 39.0. The number of carbonyl (C=O) groups is 4. The topological polar surface area (TPSA) is 150 Å². The number of nitrogens with one attached hydrogen (secondary N) is 1. The van der Waals surface area contributed by atoms with Crippen LogP contribution < -0.4 is 24.4 Å². The van der Waals surface area contributed by atoms with Crippen LogP contribution in [-0.2, 0) is 44.0 Å². The molecule has 7 unspecified atom stereocenters. The number of esters is 1. The number of hydrogen-bond acceptors (Lipinski definition) is 11. The van der Waals surface area contributed by atoms with Crippen molar-refractivity contribution in [2.24, 2.45) is 5.92 Å². The first kappa shape index (κ1) is 53.3. The van der Waals surface area contributed by atoms with Gasteiger partial charge >= 0.3 is 12.0 Å². The summed E-state index contributed by atoms with van der Waals surface area (Å²) in [4.78, 5) is 72.2. The molecule has 2 fully saturated rings. The Hall–Kier alpha value is -8.74. The standard InChI is InChI=1S/C66H63N5O9/c1-43(46-21-11-6-12-22-46)67-65(76)70-54-32-27-44(20-17-34-68(2)41-45-18-9-5-10-19-45)38-53(54)66(64(70)75)57(62(73)69-35-33-50-39-55(77-3)56(78-4)40-51(50)42-69)59-63(74)80-60(48-25-15-8-16-26-48)58(47-23-13-7-14-24-47)71(59)61(66)49-28-30-52(31-29-49)79-37-36-72/h5-16,18-19,21-32,38-40,43,57-61,72H,33-37,41-42H2,1-4H3,(H,67,76). The Labute approximate surface area is 466 Å². The Morgan fingerprint density at radius 2 is 1.41 bits per heavy atom. The lowest BCUT2D eigenvalue weighted by atomic mass is 9.64. The number of cyclic esters (lactones) is 1. The minimum absolute atomic E-state index is 0.0407. The van der Waals surface area contributed by atoms with E-state index >= 15 is 19.2 Å². The highest BCUT2D eigenvalue weighted by Gasteiger charge is 2.76. The van der Waals surface area contributed by atoms with Crippen molar-refractivity contribution < 1.29 is 43.2 Å². The lowest BCUT2D eigenvalue weighted by Crippen LogP contribution is -2.57. The molecule has 4 amide bonds. The largest absolute Gasteiger partial charge is 0.493 e. The van der Waals surface area contributed by atoms with Gasteiger partial charge in [-0.15, -0.1) is 0 Å². The van der Waals surface area contributed by atoms with Crippen molar-refractivity contribution in [1.29, 1.82) is 0 Å². The van der Waals surface area contributed by atoms with Crippen molar-refractivity contribution in [1.82, 2.24) is 20.0 Å². The summed E-state index contributed by atoms with van der Waals surface area (Å²) in [6, 6.07) is 50.7. The predicted octanol–water partition coefficient (Wildman–Crippen LogP) is 9.28. The lowest BCUT2D eigenvalue weighted by Gasteiger charge is -2.46. The molecular formula is C66H63N5O9. The second-order valence-electron chi connectivity index (χ2n) is 20.8. The molecule has 0 saturated carbocycles. The van der Waals surface area contributed by atoms with Crippen LogP contribution in [0.4, 0.5) is 10.5 Å². The van der Waals surface area contributed by atoms with Crippen molar-refractivity contribution in [2.75, 3.05) is 52.5 Å². The smallest absolute Gasteiger partial charge is 0.329 e. The maximum absolute atomic E-state index is 17.1. The Balaban J connectivity index is 1.16. The third kappa shape index (κ3) is 9.82. The summed E-state index contributed by atoms with van der Waals surface area (Å²) in [5, 5.41) is 12.9. The number of aliphatic hydroxyl groups is 1. The van der Waals surface area contributed by atoms with Crippen molar-refractivity contribution >= 4 is 29.5 Å². The average molecular weight is 1070 g/mol. The molecule has 7 atom stereocenters. The summed E-state index contributed by atoms with van der Waals surface area (Å²) in [5.74, 6) is 4.92. The summed E-state index contributed by atoms with van der Waals surface area (Å²) < 4.78 is 24.1. The number of benzene rings is 7. The normalized spacial score (nSPS) is 21.4. The highest BCUT2D eigenvalue weighted by molar-refractivity contribution is 6.24. The van der Waals surface area contributed by atoms with Gasteiger partial charge in [0.25, 0.3) is 0 Å². The fraction of sp³-hybridized carbons (Fsp3) is 0.273. The van der Waals surface area contributed by atoms with E-state index in [1.807, 2.05) is 158 Å². The second-order valence-corrected chi connectivity index (χ2v) is 20.8. The molecule has 7 aromatic rings. The number of carbonyl (C=O) groups excluding carboxylic acids is 4. The molecule has 406 valence electrons. The molecule has 4 heterocycles. The Bertz CT molecular complexity index is 3460. The summed E-state index contributed by atoms with van der Waals surface area (Å²) in [7, 11) is 5.14. The number of nitrogens with zero attached hydrogens (tertiary/aromatic N) is 4. The number of morpholine rings is 1. The molecule has 4 aliphatic rings. The SMILES string of the molecule is COc1cc2c(cc1OC)CN(C(=O)C1C3C(=O)OC(c4ccccc4)C(c4ccccc4)N3C(c3ccc(OCCO)cc3)C13C(=O)N(C(=O)NC(C)c1ccccc1)c1ccc(C#CCN(C)Cc4ccccc4)cc13)CC2. The predicted molar refractivity (Wildman–Crippen MR) is 303 cm³/mol. The van der Waals surface area contributed by atoms with Crippen LogP contribution in [0.15, 0.2) is 176 Å². The van der Waals surface area contributed by atoms with E-state index in [0.717, 1.165) is 27.8 Å². The minimum Gasteiger partial charge on any atom is -0.493 e. The van der Waals surface area contributed by atoms with Crippen LogP contribution in [0.2, 0.25) is 0 Å². The summed E-state index contributed by atoms with van der Waals surface area (Å²) in [6.07, 6.45) is -0.476. The van der Waals surface area contributed by atoms with E-state index in [4.69, 9.17) is 18.9 Å². The third-order valence-corrected chi connectivity index (χ3v) is 16.0. The molecule has 1 spiro atoms. The lowest BCUT2D eigenvalue weighted by molar-refractivity contribution is -0.179. The van der Waals surface area contributed by atoms with Crippen molar-refractivity contribution in [2.45, 2.75) is 62.1 Å². The number of imide groups is 1. The zero-order chi connectivity index (χ0) is 55.5. The van der Waals surface area contributed by atoms with Crippen LogP contribution in [0.1, 0.15) is 81.2 Å². The summed E-state index contributed by atoms with van der Waals surface area (Å²) in [6.45, 7) is 3.13. The van der Waals surface area contributed by atoms with Gasteiger partial charge in [-0.2, -0.15) is 0 Å². The number of hydrogen-bond donors (Lipinski definition) is 2. The number of fused-ring (bicyclic) bond motifs is 4. The number of amides is 4. The van der Waals surface area contributed by atoms with Gasteiger partial charge in [0.05, 0.1) is 57.1 Å². The van der Waals surface area contributed by atoms with Gasteiger partial charge in [0, 0.05) is 25.2 Å². The Kier molecular flexibility index (Phi) is 15.3. The third-order valence-electron chi connectivity index (χ3n) is 16.0. The van der Waals surface area contributed by atoms with Gasteiger partial charge in [0.15, 0.2) is 11.5 Å². The summed E-state index contributed by atoms with van der Waals surface area (Å²) >= 11 is 0. The van der Waals surface area contributed by atoms with Crippen LogP contribution in [0, 0.1) is 17.8 Å². The molecule has 0 bridgehead atoms. The van der Waals surface area contributed by atoms with Gasteiger partial charge < -0.3 is 34.3 Å². The Morgan fingerprint density at radius 3 is 2.08 bits per heavy atom. The number of urea groups is 1. The quantitative estimate of drug-likeness (QED) is 0.0793. The van der Waals surface area contributed by atoms with Gasteiger partial charge in [-0.1, -0.05) is 145 Å². The molecule has 2 N–H and O–H groups in total. The van der Waals surface area contributed by atoms with Crippen molar-refractivity contribution in [3.8, 4) is 29.1 Å². The number of ether oxygens (including phenoxy) is 4. The molecule has 7 aromatic carbocycles. The van der Waals surface area contributed by atoms with Crippen molar-refractivity contribution in [3.05, 3.63) is 226 Å². The van der Waals surface area contributed by atoms with Gasteiger partial charge in [0.2, 0.25) is 11.8 Å². The highest BCUT2D eigenvalue weighted by atomic mass is 16.6. The van der Waals surface area contributed by atoms with E-state index < -0.39 is 65.4 Å². The molecule has 14 nitrogen and oxygen atoms in total. The zero-order valence-electron chi connectivity index (χ0n) is 45.2.